The fourth-order valence-electron chi connectivity index (χ4n) is 2.81. The van der Waals surface area contributed by atoms with Gasteiger partial charge in [-0.1, -0.05) is 23.9 Å². The van der Waals surface area contributed by atoms with E-state index in [0.717, 1.165) is 0 Å². The lowest BCUT2D eigenvalue weighted by molar-refractivity contribution is -0.113. The van der Waals surface area contributed by atoms with Crippen molar-refractivity contribution >= 4 is 29.3 Å². The molecule has 1 atom stereocenters. The van der Waals surface area contributed by atoms with E-state index in [2.05, 4.69) is 20.8 Å². The summed E-state index contributed by atoms with van der Waals surface area (Å²) in [6.07, 6.45) is 0. The van der Waals surface area contributed by atoms with Gasteiger partial charge in [-0.2, -0.15) is 0 Å². The predicted molar refractivity (Wildman–Crippen MR) is 116 cm³/mol. The van der Waals surface area contributed by atoms with E-state index in [1.54, 1.807) is 56.0 Å². The smallest absolute Gasteiger partial charge is 0.254 e. The number of thioether (sulfide) groups is 1. The van der Waals surface area contributed by atoms with Crippen LogP contribution < -0.4 is 15.4 Å². The number of nitrogens with zero attached hydrogens (tertiary/aromatic N) is 3. The van der Waals surface area contributed by atoms with E-state index in [9.17, 15) is 14.0 Å². The number of ether oxygens (including phenoxy) is 1. The third-order valence-electron chi connectivity index (χ3n) is 4.43. The molecule has 10 heteroatoms. The molecule has 0 fully saturated rings. The summed E-state index contributed by atoms with van der Waals surface area (Å²) in [6, 6.07) is 12.3. The van der Waals surface area contributed by atoms with Gasteiger partial charge in [-0.3, -0.25) is 9.59 Å². The van der Waals surface area contributed by atoms with Crippen LogP contribution in [0.1, 0.15) is 29.1 Å². The quantitative estimate of drug-likeness (QED) is 0.519. The number of amides is 2. The number of carbonyl (C=O) groups excluding carboxylic acids is 2. The third-order valence-corrected chi connectivity index (χ3v) is 5.45. The standard InChI is InChI=1S/C21H22FN5O3S/c1-13(23-20(29)16-6-4-5-7-17(16)22)19-25-26-21(27(19)2)31-12-18(28)24-14-8-10-15(30-3)11-9-14/h4-11,13H,12H2,1-3H3,(H,23,29)(H,24,28). The lowest BCUT2D eigenvalue weighted by Gasteiger charge is -2.14. The number of benzene rings is 2. The van der Waals surface area contributed by atoms with Crippen molar-refractivity contribution in [3.8, 4) is 5.75 Å². The molecule has 0 radical (unpaired) electrons. The second kappa shape index (κ2) is 10.1. The Morgan fingerprint density at radius 1 is 1.16 bits per heavy atom. The van der Waals surface area contributed by atoms with E-state index in [-0.39, 0.29) is 17.2 Å². The molecule has 0 saturated heterocycles. The second-order valence-corrected chi connectivity index (χ2v) is 7.58. The highest BCUT2D eigenvalue weighted by Gasteiger charge is 2.20. The van der Waals surface area contributed by atoms with Crippen molar-refractivity contribution in [1.29, 1.82) is 0 Å². The van der Waals surface area contributed by atoms with Crippen LogP contribution >= 0.6 is 11.8 Å². The molecule has 0 spiro atoms. The first-order chi connectivity index (χ1) is 14.9. The van der Waals surface area contributed by atoms with Crippen LogP contribution in [0.5, 0.6) is 5.75 Å². The normalized spacial score (nSPS) is 11.6. The maximum absolute atomic E-state index is 13.8. The van der Waals surface area contributed by atoms with Gasteiger partial charge in [-0.15, -0.1) is 10.2 Å². The Labute approximate surface area is 183 Å². The van der Waals surface area contributed by atoms with Gasteiger partial charge in [-0.25, -0.2) is 4.39 Å². The van der Waals surface area contributed by atoms with Gasteiger partial charge >= 0.3 is 0 Å². The first-order valence-corrected chi connectivity index (χ1v) is 10.4. The summed E-state index contributed by atoms with van der Waals surface area (Å²) in [4.78, 5) is 24.5. The summed E-state index contributed by atoms with van der Waals surface area (Å²) in [7, 11) is 3.32. The molecule has 0 saturated carbocycles. The number of carbonyl (C=O) groups is 2. The van der Waals surface area contributed by atoms with Crippen LogP contribution in [-0.2, 0) is 11.8 Å². The highest BCUT2D eigenvalue weighted by atomic mass is 32.2. The number of methoxy groups -OCH3 is 1. The molecule has 162 valence electrons. The molecule has 3 aromatic rings. The Hall–Kier alpha value is -3.40. The molecular formula is C21H22FN5O3S. The second-order valence-electron chi connectivity index (χ2n) is 6.64. The van der Waals surface area contributed by atoms with Crippen LogP contribution in [0.15, 0.2) is 53.7 Å². The molecule has 31 heavy (non-hydrogen) atoms. The number of nitrogens with one attached hydrogen (secondary N) is 2. The molecule has 1 aromatic heterocycles. The lowest BCUT2D eigenvalue weighted by atomic mass is 10.2. The number of aromatic nitrogens is 3. The molecule has 1 heterocycles. The van der Waals surface area contributed by atoms with Crippen molar-refractivity contribution < 1.29 is 18.7 Å². The van der Waals surface area contributed by atoms with Crippen LogP contribution in [0.4, 0.5) is 10.1 Å². The van der Waals surface area contributed by atoms with E-state index in [4.69, 9.17) is 4.74 Å². The van der Waals surface area contributed by atoms with Gasteiger partial charge < -0.3 is 19.9 Å². The van der Waals surface area contributed by atoms with E-state index < -0.39 is 17.8 Å². The molecule has 2 N–H and O–H groups in total. The third kappa shape index (κ3) is 5.60. The van der Waals surface area contributed by atoms with Gasteiger partial charge in [0.25, 0.3) is 5.91 Å². The Balaban J connectivity index is 1.57. The van der Waals surface area contributed by atoms with Crippen molar-refractivity contribution in [1.82, 2.24) is 20.1 Å². The van der Waals surface area contributed by atoms with Crippen molar-refractivity contribution in [2.75, 3.05) is 18.2 Å². The summed E-state index contributed by atoms with van der Waals surface area (Å²) in [5.74, 6) is -0.00179. The average Bonchev–Trinajstić information content (AvgIpc) is 3.13. The number of halogens is 1. The van der Waals surface area contributed by atoms with Crippen LogP contribution in [0.3, 0.4) is 0 Å². The lowest BCUT2D eigenvalue weighted by Crippen LogP contribution is -2.29. The van der Waals surface area contributed by atoms with Crippen LogP contribution in [-0.4, -0.2) is 39.4 Å². The Morgan fingerprint density at radius 3 is 2.55 bits per heavy atom. The average molecular weight is 444 g/mol. The molecule has 2 aromatic carbocycles. The largest absolute Gasteiger partial charge is 0.497 e. The van der Waals surface area contributed by atoms with Gasteiger partial charge in [-0.05, 0) is 43.3 Å². The van der Waals surface area contributed by atoms with Crippen molar-refractivity contribution in [3.05, 3.63) is 65.7 Å². The van der Waals surface area contributed by atoms with E-state index in [0.29, 0.717) is 22.4 Å². The Kier molecular flexibility index (Phi) is 7.24. The van der Waals surface area contributed by atoms with Gasteiger partial charge in [0.15, 0.2) is 11.0 Å². The van der Waals surface area contributed by atoms with E-state index >= 15 is 0 Å². The van der Waals surface area contributed by atoms with Gasteiger partial charge in [0.2, 0.25) is 5.91 Å². The summed E-state index contributed by atoms with van der Waals surface area (Å²) in [5.41, 5.74) is 0.621. The first-order valence-electron chi connectivity index (χ1n) is 9.40. The maximum atomic E-state index is 13.8. The molecular weight excluding hydrogens is 421 g/mol. The SMILES string of the molecule is COc1ccc(NC(=O)CSc2nnc(C(C)NC(=O)c3ccccc3F)n2C)cc1. The predicted octanol–water partition coefficient (Wildman–Crippen LogP) is 3.18. The van der Waals surface area contributed by atoms with E-state index in [1.807, 2.05) is 0 Å². The number of rotatable bonds is 8. The fraction of sp³-hybridized carbons (Fsp3) is 0.238. The van der Waals surface area contributed by atoms with Gasteiger partial charge in [0.1, 0.15) is 11.6 Å². The summed E-state index contributed by atoms with van der Waals surface area (Å²) >= 11 is 1.22. The van der Waals surface area contributed by atoms with Crippen molar-refractivity contribution in [2.24, 2.45) is 7.05 Å². The van der Waals surface area contributed by atoms with Gasteiger partial charge in [0.05, 0.1) is 24.5 Å². The minimum Gasteiger partial charge on any atom is -0.497 e. The van der Waals surface area contributed by atoms with E-state index in [1.165, 1.54) is 30.0 Å². The highest BCUT2D eigenvalue weighted by molar-refractivity contribution is 7.99. The Bertz CT molecular complexity index is 1070. The van der Waals surface area contributed by atoms with Crippen LogP contribution in [0.25, 0.3) is 0 Å². The highest BCUT2D eigenvalue weighted by Crippen LogP contribution is 2.21. The molecule has 0 aliphatic heterocycles. The molecule has 3 rings (SSSR count). The summed E-state index contributed by atoms with van der Waals surface area (Å²) in [6.45, 7) is 1.73. The summed E-state index contributed by atoms with van der Waals surface area (Å²) < 4.78 is 20.6. The molecule has 0 aliphatic carbocycles. The minimum absolute atomic E-state index is 0.0404. The zero-order valence-electron chi connectivity index (χ0n) is 17.3. The van der Waals surface area contributed by atoms with Gasteiger partial charge in [0, 0.05) is 12.7 Å². The van der Waals surface area contributed by atoms with Crippen LogP contribution in [0.2, 0.25) is 0 Å². The van der Waals surface area contributed by atoms with Crippen molar-refractivity contribution in [3.63, 3.8) is 0 Å². The molecule has 1 unspecified atom stereocenters. The number of hydrogen-bond donors (Lipinski definition) is 2. The fourth-order valence-corrected chi connectivity index (χ4v) is 3.53. The zero-order chi connectivity index (χ0) is 22.4. The molecule has 0 bridgehead atoms. The number of anilines is 1. The first kappa shape index (κ1) is 22.3. The number of hydrogen-bond acceptors (Lipinski definition) is 6. The topological polar surface area (TPSA) is 98.1 Å². The van der Waals surface area contributed by atoms with Crippen LogP contribution in [0, 0.1) is 5.82 Å². The molecule has 8 nitrogen and oxygen atoms in total. The minimum atomic E-state index is -0.593. The zero-order valence-corrected chi connectivity index (χ0v) is 18.1. The monoisotopic (exact) mass is 443 g/mol. The molecule has 2 amide bonds. The maximum Gasteiger partial charge on any atom is 0.254 e. The summed E-state index contributed by atoms with van der Waals surface area (Å²) in [5, 5.41) is 14.2. The van der Waals surface area contributed by atoms with Crippen molar-refractivity contribution in [2.45, 2.75) is 18.1 Å². The Morgan fingerprint density at radius 2 is 1.87 bits per heavy atom. The molecule has 0 aliphatic rings.